The number of halogens is 2. The van der Waals surface area contributed by atoms with E-state index in [1.54, 1.807) is 13.2 Å². The first-order valence-corrected chi connectivity index (χ1v) is 6.83. The van der Waals surface area contributed by atoms with Gasteiger partial charge < -0.3 is 4.90 Å². The highest BCUT2D eigenvalue weighted by Crippen LogP contribution is 2.22. The molecule has 0 bridgehead atoms. The van der Waals surface area contributed by atoms with Gasteiger partial charge in [-0.3, -0.25) is 4.79 Å². The topological polar surface area (TPSA) is 38.1 Å². The maximum absolute atomic E-state index is 11.8. The molecular formula is C13H13BrClN3O. The van der Waals surface area contributed by atoms with Gasteiger partial charge in [0.05, 0.1) is 11.9 Å². The molecule has 4 nitrogen and oxygen atoms in total. The maximum Gasteiger partial charge on any atom is 0.282 e. The molecule has 1 aromatic carbocycles. The molecule has 6 heteroatoms. The molecule has 2 aromatic rings. The lowest BCUT2D eigenvalue weighted by Gasteiger charge is -2.20. The third kappa shape index (κ3) is 3.16. The molecule has 1 heterocycles. The number of nitrogens with zero attached hydrogens (tertiary/aromatic N) is 3. The van der Waals surface area contributed by atoms with Gasteiger partial charge in [0.1, 0.15) is 4.47 Å². The highest BCUT2D eigenvalue weighted by molar-refractivity contribution is 9.10. The van der Waals surface area contributed by atoms with E-state index in [2.05, 4.69) is 21.0 Å². The fourth-order valence-corrected chi connectivity index (χ4v) is 2.50. The van der Waals surface area contributed by atoms with Crippen LogP contribution in [-0.4, -0.2) is 16.8 Å². The van der Waals surface area contributed by atoms with Crippen LogP contribution in [0.2, 0.25) is 5.02 Å². The summed E-state index contributed by atoms with van der Waals surface area (Å²) in [7, 11) is 3.53. The van der Waals surface area contributed by atoms with Crippen molar-refractivity contribution < 1.29 is 0 Å². The monoisotopic (exact) mass is 341 g/mol. The van der Waals surface area contributed by atoms with E-state index in [1.165, 1.54) is 4.68 Å². The van der Waals surface area contributed by atoms with E-state index in [1.807, 2.05) is 36.2 Å². The van der Waals surface area contributed by atoms with Crippen LogP contribution in [0.1, 0.15) is 5.56 Å². The zero-order chi connectivity index (χ0) is 14.0. The molecule has 0 saturated carbocycles. The summed E-state index contributed by atoms with van der Waals surface area (Å²) in [6, 6.07) is 7.62. The van der Waals surface area contributed by atoms with Crippen molar-refractivity contribution in [2.24, 2.45) is 7.05 Å². The van der Waals surface area contributed by atoms with Crippen LogP contribution < -0.4 is 10.5 Å². The number of aryl methyl sites for hydroxylation is 1. The molecule has 0 aliphatic heterocycles. The molecule has 1 aromatic heterocycles. The lowest BCUT2D eigenvalue weighted by Crippen LogP contribution is -2.25. The van der Waals surface area contributed by atoms with E-state index in [-0.39, 0.29) is 5.56 Å². The molecule has 0 amide bonds. The van der Waals surface area contributed by atoms with Gasteiger partial charge in [-0.25, -0.2) is 4.68 Å². The summed E-state index contributed by atoms with van der Waals surface area (Å²) in [5.74, 6) is 0. The molecular weight excluding hydrogens is 330 g/mol. The molecule has 100 valence electrons. The second-order valence-electron chi connectivity index (χ2n) is 4.26. The summed E-state index contributed by atoms with van der Waals surface area (Å²) in [5.41, 5.74) is 1.72. The van der Waals surface area contributed by atoms with E-state index in [9.17, 15) is 4.79 Å². The average molecular weight is 343 g/mol. The Bertz CT molecular complexity index is 639. The summed E-state index contributed by atoms with van der Waals surface area (Å²) >= 11 is 9.17. The zero-order valence-corrected chi connectivity index (χ0v) is 12.9. The maximum atomic E-state index is 11.8. The minimum Gasteiger partial charge on any atom is -0.368 e. The first kappa shape index (κ1) is 14.1. The number of hydrogen-bond donors (Lipinski definition) is 0. The third-order valence-electron chi connectivity index (χ3n) is 2.80. The molecule has 0 N–H and O–H groups in total. The standard InChI is InChI=1S/C13H13BrClN3O/c1-17(8-9-3-5-10(15)6-4-9)11-7-16-18(2)13(19)12(11)14/h3-7H,8H2,1-2H3. The summed E-state index contributed by atoms with van der Waals surface area (Å²) in [5, 5.41) is 4.74. The first-order chi connectivity index (χ1) is 8.99. The Morgan fingerprint density at radius 3 is 2.63 bits per heavy atom. The van der Waals surface area contributed by atoms with Gasteiger partial charge in [0.15, 0.2) is 0 Å². The van der Waals surface area contributed by atoms with Crippen molar-refractivity contribution in [3.63, 3.8) is 0 Å². The Morgan fingerprint density at radius 2 is 2.00 bits per heavy atom. The van der Waals surface area contributed by atoms with Crippen LogP contribution in [-0.2, 0) is 13.6 Å². The van der Waals surface area contributed by atoms with Crippen LogP contribution in [0.4, 0.5) is 5.69 Å². The van der Waals surface area contributed by atoms with Crippen molar-refractivity contribution >= 4 is 33.2 Å². The van der Waals surface area contributed by atoms with Crippen molar-refractivity contribution in [3.8, 4) is 0 Å². The summed E-state index contributed by atoms with van der Waals surface area (Å²) in [6.07, 6.45) is 1.67. The Labute approximate surface area is 124 Å². The predicted molar refractivity (Wildman–Crippen MR) is 80.7 cm³/mol. The lowest BCUT2D eigenvalue weighted by molar-refractivity contribution is 0.698. The Morgan fingerprint density at radius 1 is 1.37 bits per heavy atom. The van der Waals surface area contributed by atoms with Gasteiger partial charge in [0, 0.05) is 25.7 Å². The molecule has 19 heavy (non-hydrogen) atoms. The largest absolute Gasteiger partial charge is 0.368 e. The molecule has 0 radical (unpaired) electrons. The number of anilines is 1. The highest BCUT2D eigenvalue weighted by Gasteiger charge is 2.11. The van der Waals surface area contributed by atoms with Crippen molar-refractivity contribution in [2.75, 3.05) is 11.9 Å². The molecule has 2 rings (SSSR count). The van der Waals surface area contributed by atoms with Crippen LogP contribution in [0.3, 0.4) is 0 Å². The Kier molecular flexibility index (Phi) is 4.27. The van der Waals surface area contributed by atoms with Crippen LogP contribution in [0.5, 0.6) is 0 Å². The summed E-state index contributed by atoms with van der Waals surface area (Å²) < 4.78 is 1.81. The fraction of sp³-hybridized carbons (Fsp3) is 0.231. The van der Waals surface area contributed by atoms with E-state index in [0.717, 1.165) is 11.3 Å². The summed E-state index contributed by atoms with van der Waals surface area (Å²) in [4.78, 5) is 13.8. The van der Waals surface area contributed by atoms with Gasteiger partial charge in [0.2, 0.25) is 0 Å². The van der Waals surface area contributed by atoms with Gasteiger partial charge in [-0.2, -0.15) is 5.10 Å². The molecule has 0 fully saturated rings. The number of hydrogen-bond acceptors (Lipinski definition) is 3. The van der Waals surface area contributed by atoms with Gasteiger partial charge in [-0.05, 0) is 33.6 Å². The lowest BCUT2D eigenvalue weighted by atomic mass is 10.2. The minimum absolute atomic E-state index is 0.152. The number of rotatable bonds is 3. The zero-order valence-electron chi connectivity index (χ0n) is 10.6. The summed E-state index contributed by atoms with van der Waals surface area (Å²) in [6.45, 7) is 0.671. The van der Waals surface area contributed by atoms with E-state index >= 15 is 0 Å². The fourth-order valence-electron chi connectivity index (χ4n) is 1.72. The highest BCUT2D eigenvalue weighted by atomic mass is 79.9. The van der Waals surface area contributed by atoms with Gasteiger partial charge in [0.25, 0.3) is 5.56 Å². The van der Waals surface area contributed by atoms with Gasteiger partial charge >= 0.3 is 0 Å². The van der Waals surface area contributed by atoms with Crippen LogP contribution in [0, 0.1) is 0 Å². The molecule has 0 spiro atoms. The van der Waals surface area contributed by atoms with Crippen molar-refractivity contribution in [1.82, 2.24) is 9.78 Å². The molecule has 0 aliphatic carbocycles. The van der Waals surface area contributed by atoms with Crippen molar-refractivity contribution in [3.05, 3.63) is 55.9 Å². The second kappa shape index (κ2) is 5.75. The van der Waals surface area contributed by atoms with Gasteiger partial charge in [-0.15, -0.1) is 0 Å². The predicted octanol–water partition coefficient (Wildman–Crippen LogP) is 2.83. The van der Waals surface area contributed by atoms with Crippen LogP contribution in [0.15, 0.2) is 39.7 Å². The SMILES string of the molecule is CN(Cc1ccc(Cl)cc1)c1cnn(C)c(=O)c1Br. The Balaban J connectivity index is 2.25. The molecule has 0 aliphatic rings. The van der Waals surface area contributed by atoms with Crippen molar-refractivity contribution in [1.29, 1.82) is 0 Å². The normalized spacial score (nSPS) is 10.5. The van der Waals surface area contributed by atoms with E-state index in [0.29, 0.717) is 16.0 Å². The van der Waals surface area contributed by atoms with Crippen LogP contribution >= 0.6 is 27.5 Å². The third-order valence-corrected chi connectivity index (χ3v) is 3.80. The van der Waals surface area contributed by atoms with Crippen molar-refractivity contribution in [2.45, 2.75) is 6.54 Å². The second-order valence-corrected chi connectivity index (χ2v) is 5.48. The van der Waals surface area contributed by atoms with Crippen LogP contribution in [0.25, 0.3) is 0 Å². The first-order valence-electron chi connectivity index (χ1n) is 5.66. The smallest absolute Gasteiger partial charge is 0.282 e. The molecule has 0 unspecified atom stereocenters. The molecule has 0 saturated heterocycles. The molecule has 0 atom stereocenters. The van der Waals surface area contributed by atoms with E-state index in [4.69, 9.17) is 11.6 Å². The van der Waals surface area contributed by atoms with E-state index < -0.39 is 0 Å². The quantitative estimate of drug-likeness (QED) is 0.861. The number of benzene rings is 1. The number of aromatic nitrogens is 2. The van der Waals surface area contributed by atoms with Gasteiger partial charge in [-0.1, -0.05) is 23.7 Å². The Hall–Kier alpha value is -1.33. The minimum atomic E-state index is -0.152. The average Bonchev–Trinajstić information content (AvgIpc) is 2.39.